The van der Waals surface area contributed by atoms with Gasteiger partial charge in [-0.3, -0.25) is 4.79 Å². The van der Waals surface area contributed by atoms with E-state index >= 15 is 0 Å². The number of hydrogen-bond acceptors (Lipinski definition) is 2. The number of benzene rings is 1. The van der Waals surface area contributed by atoms with Crippen LogP contribution in [0.1, 0.15) is 31.9 Å². The van der Waals surface area contributed by atoms with Crippen molar-refractivity contribution in [3.63, 3.8) is 0 Å². The van der Waals surface area contributed by atoms with Gasteiger partial charge in [-0.25, -0.2) is 4.39 Å². The molecule has 3 nitrogen and oxygen atoms in total. The lowest BCUT2D eigenvalue weighted by atomic mass is 9.83. The van der Waals surface area contributed by atoms with Crippen molar-refractivity contribution in [3.8, 4) is 0 Å². The third kappa shape index (κ3) is 5.96. The lowest BCUT2D eigenvalue weighted by molar-refractivity contribution is -0.121. The Morgan fingerprint density at radius 3 is 2.43 bits per heavy atom. The number of nitrogens with one attached hydrogen (secondary N) is 1. The molecule has 0 heterocycles. The quantitative estimate of drug-likeness (QED) is 0.477. The minimum Gasteiger partial charge on any atom is -0.416 e. The second-order valence-electron chi connectivity index (χ2n) is 6.73. The number of hydrogen-bond donors (Lipinski definition) is 1. The van der Waals surface area contributed by atoms with E-state index in [1.165, 1.54) is 0 Å². The van der Waals surface area contributed by atoms with Crippen LogP contribution in [0, 0.1) is 0 Å². The Kier molecular flexibility index (Phi) is 7.44. The molecule has 130 valence electrons. The van der Waals surface area contributed by atoms with E-state index in [-0.39, 0.29) is 10.7 Å². The molecule has 0 bridgehead atoms. The summed E-state index contributed by atoms with van der Waals surface area (Å²) >= 11 is 5.80. The molecule has 23 heavy (non-hydrogen) atoms. The molecule has 7 heteroatoms. The Hall–Kier alpha value is -0.243. The van der Waals surface area contributed by atoms with Crippen LogP contribution in [0.25, 0.3) is 0 Å². The molecule has 0 aliphatic heterocycles. The molecule has 0 radical (unpaired) electrons. The van der Waals surface area contributed by atoms with Crippen LogP contribution in [0.3, 0.4) is 0 Å². The highest BCUT2D eigenvalue weighted by molar-refractivity contribution is 9.12. The van der Waals surface area contributed by atoms with Gasteiger partial charge in [0.2, 0.25) is 0 Å². The van der Waals surface area contributed by atoms with Crippen molar-refractivity contribution >= 4 is 52.5 Å². The Bertz CT molecular complexity index is 560. The lowest BCUT2D eigenvalue weighted by Gasteiger charge is -2.26. The summed E-state index contributed by atoms with van der Waals surface area (Å²) in [6, 6.07) is 5.68. The molecule has 0 spiro atoms. The molecule has 1 amide bonds. The number of rotatable bonds is 6. The zero-order chi connectivity index (χ0) is 17.8. The van der Waals surface area contributed by atoms with Crippen molar-refractivity contribution in [1.82, 2.24) is 0 Å². The van der Waals surface area contributed by atoms with E-state index in [0.29, 0.717) is 12.3 Å². The summed E-state index contributed by atoms with van der Waals surface area (Å²) in [5.41, 5.74) is 2.49. The number of halogens is 3. The Balaban J connectivity index is 3.23. The van der Waals surface area contributed by atoms with Gasteiger partial charge in [0.05, 0.1) is 11.9 Å². The first-order chi connectivity index (χ1) is 10.5. The molecule has 0 aromatic heterocycles. The SMILES string of the molecule is C[SiH](C)OCc1c(NC(=O)C(F)(Br)CBr)cccc1C(C)(C)C. The van der Waals surface area contributed by atoms with E-state index < -0.39 is 19.5 Å². The lowest BCUT2D eigenvalue weighted by Crippen LogP contribution is -2.35. The molecule has 0 aliphatic rings. The van der Waals surface area contributed by atoms with Crippen molar-refractivity contribution < 1.29 is 13.6 Å². The van der Waals surface area contributed by atoms with Crippen molar-refractivity contribution in [3.05, 3.63) is 29.3 Å². The van der Waals surface area contributed by atoms with Crippen LogP contribution in [0.2, 0.25) is 13.1 Å². The molecular formula is C16H24Br2FNO2Si. The van der Waals surface area contributed by atoms with Crippen molar-refractivity contribution in [2.45, 2.75) is 50.5 Å². The maximum absolute atomic E-state index is 14.1. The highest BCUT2D eigenvalue weighted by Gasteiger charge is 2.35. The summed E-state index contributed by atoms with van der Waals surface area (Å²) in [6.45, 7) is 10.9. The van der Waals surface area contributed by atoms with Crippen LogP contribution in [0.5, 0.6) is 0 Å². The van der Waals surface area contributed by atoms with Crippen molar-refractivity contribution in [2.75, 3.05) is 10.6 Å². The van der Waals surface area contributed by atoms with E-state index in [9.17, 15) is 9.18 Å². The molecule has 1 unspecified atom stereocenters. The average Bonchev–Trinajstić information content (AvgIpc) is 2.44. The number of amides is 1. The van der Waals surface area contributed by atoms with Gasteiger partial charge in [0, 0.05) is 11.3 Å². The van der Waals surface area contributed by atoms with E-state index in [0.717, 1.165) is 11.1 Å². The molecule has 1 N–H and O–H groups in total. The van der Waals surface area contributed by atoms with Gasteiger partial charge in [0.15, 0.2) is 9.04 Å². The number of alkyl halides is 3. The third-order valence-electron chi connectivity index (χ3n) is 3.29. The fourth-order valence-corrected chi connectivity index (χ4v) is 2.94. The fraction of sp³-hybridized carbons (Fsp3) is 0.562. The summed E-state index contributed by atoms with van der Waals surface area (Å²) in [6.07, 6.45) is 0. The van der Waals surface area contributed by atoms with Gasteiger partial charge in [-0.1, -0.05) is 48.8 Å². The Labute approximate surface area is 156 Å². The molecule has 1 aromatic carbocycles. The van der Waals surface area contributed by atoms with Gasteiger partial charge < -0.3 is 9.74 Å². The minimum absolute atomic E-state index is 0.103. The van der Waals surface area contributed by atoms with E-state index in [1.807, 2.05) is 12.1 Å². The van der Waals surface area contributed by atoms with Crippen molar-refractivity contribution in [1.29, 1.82) is 0 Å². The third-order valence-corrected chi connectivity index (χ3v) is 6.29. The van der Waals surface area contributed by atoms with Crippen LogP contribution in [-0.2, 0) is 21.2 Å². The molecular weight excluding hydrogens is 445 g/mol. The van der Waals surface area contributed by atoms with Gasteiger partial charge in [0.1, 0.15) is 0 Å². The fourth-order valence-electron chi connectivity index (χ4n) is 2.09. The highest BCUT2D eigenvalue weighted by Crippen LogP contribution is 2.33. The smallest absolute Gasteiger partial charge is 0.274 e. The zero-order valence-electron chi connectivity index (χ0n) is 14.2. The number of carbonyl (C=O) groups excluding carboxylic acids is 1. The predicted octanol–water partition coefficient (Wildman–Crippen LogP) is 4.88. The van der Waals surface area contributed by atoms with Crippen LogP contribution < -0.4 is 5.32 Å². The van der Waals surface area contributed by atoms with Gasteiger partial charge in [-0.15, -0.1) is 0 Å². The van der Waals surface area contributed by atoms with E-state index in [4.69, 9.17) is 4.43 Å². The summed E-state index contributed by atoms with van der Waals surface area (Å²) in [7, 11) is -1.21. The summed E-state index contributed by atoms with van der Waals surface area (Å²) < 4.78 is 17.8. The first kappa shape index (κ1) is 20.8. The molecule has 1 rings (SSSR count). The molecule has 0 aliphatic carbocycles. The largest absolute Gasteiger partial charge is 0.416 e. The summed E-state index contributed by atoms with van der Waals surface area (Å²) in [5, 5.41) is 2.55. The monoisotopic (exact) mass is 467 g/mol. The van der Waals surface area contributed by atoms with E-state index in [1.54, 1.807) is 6.07 Å². The molecule has 1 aromatic rings. The molecule has 1 atom stereocenters. The summed E-state index contributed by atoms with van der Waals surface area (Å²) in [4.78, 5) is 12.1. The first-order valence-corrected chi connectivity index (χ1v) is 12.2. The maximum Gasteiger partial charge on any atom is 0.274 e. The Morgan fingerprint density at radius 1 is 1.35 bits per heavy atom. The van der Waals surface area contributed by atoms with Crippen molar-refractivity contribution in [2.24, 2.45) is 0 Å². The zero-order valence-corrected chi connectivity index (χ0v) is 18.5. The van der Waals surface area contributed by atoms with Crippen LogP contribution in [0.4, 0.5) is 10.1 Å². The van der Waals surface area contributed by atoms with Gasteiger partial charge >= 0.3 is 0 Å². The summed E-state index contributed by atoms with van der Waals surface area (Å²) in [5.74, 6) is -0.733. The normalized spacial score (nSPS) is 14.7. The number of anilines is 1. The Morgan fingerprint density at radius 2 is 1.96 bits per heavy atom. The molecule has 0 saturated heterocycles. The first-order valence-electron chi connectivity index (χ1n) is 7.48. The second-order valence-corrected chi connectivity index (χ2v) is 11.0. The van der Waals surface area contributed by atoms with Crippen LogP contribution >= 0.6 is 31.9 Å². The average molecular weight is 469 g/mol. The van der Waals surface area contributed by atoms with Crippen LogP contribution in [0.15, 0.2) is 18.2 Å². The standard InChI is InChI=1S/C16H24Br2FNO2Si/c1-15(2,3)12-7-6-8-13(11(12)9-22-23(4)5)20-14(21)16(18,19)10-17/h6-8,23H,9-10H2,1-5H3,(H,20,21). The second kappa shape index (κ2) is 8.23. The van der Waals surface area contributed by atoms with E-state index in [2.05, 4.69) is 71.0 Å². The molecule has 0 fully saturated rings. The number of carbonyl (C=O) groups is 1. The van der Waals surface area contributed by atoms with Gasteiger partial charge in [0.25, 0.3) is 10.5 Å². The van der Waals surface area contributed by atoms with Crippen LogP contribution in [-0.4, -0.2) is 24.9 Å². The van der Waals surface area contributed by atoms with Gasteiger partial charge in [-0.05, 0) is 46.1 Å². The molecule has 0 saturated carbocycles. The minimum atomic E-state index is -2.14. The topological polar surface area (TPSA) is 38.3 Å². The maximum atomic E-state index is 14.1. The van der Waals surface area contributed by atoms with Gasteiger partial charge in [-0.2, -0.15) is 0 Å². The predicted molar refractivity (Wildman–Crippen MR) is 104 cm³/mol. The highest BCUT2D eigenvalue weighted by atomic mass is 79.9.